The lowest BCUT2D eigenvalue weighted by atomic mass is 10.0. The number of benzene rings is 1. The molecule has 1 saturated heterocycles. The summed E-state index contributed by atoms with van der Waals surface area (Å²) in [5, 5.41) is 10.6. The molecule has 1 aromatic carbocycles. The van der Waals surface area contributed by atoms with E-state index in [1.54, 1.807) is 12.1 Å². The lowest BCUT2D eigenvalue weighted by molar-refractivity contribution is -0.384. The molecule has 1 heterocycles. The smallest absolute Gasteiger partial charge is 0.269 e. The van der Waals surface area contributed by atoms with Gasteiger partial charge in [0.25, 0.3) is 11.6 Å². The van der Waals surface area contributed by atoms with Crippen molar-refractivity contribution in [1.29, 1.82) is 0 Å². The molecule has 1 aromatic rings. The van der Waals surface area contributed by atoms with Crippen molar-refractivity contribution in [3.05, 3.63) is 39.9 Å². The highest BCUT2D eigenvalue weighted by Crippen LogP contribution is 2.38. The van der Waals surface area contributed by atoms with Crippen LogP contribution < -0.4 is 0 Å². The van der Waals surface area contributed by atoms with Crippen LogP contribution in [0.5, 0.6) is 0 Å². The summed E-state index contributed by atoms with van der Waals surface area (Å²) in [6, 6.07) is 6.28. The van der Waals surface area contributed by atoms with E-state index in [2.05, 4.69) is 0 Å². The molecule has 0 spiro atoms. The van der Waals surface area contributed by atoms with Gasteiger partial charge in [0.05, 0.1) is 11.0 Å². The Labute approximate surface area is 111 Å². The van der Waals surface area contributed by atoms with Gasteiger partial charge in [-0.15, -0.1) is 0 Å². The van der Waals surface area contributed by atoms with Gasteiger partial charge < -0.3 is 4.90 Å². The lowest BCUT2D eigenvalue weighted by Crippen LogP contribution is -2.17. The van der Waals surface area contributed by atoms with E-state index < -0.39 is 4.92 Å². The molecule has 5 heteroatoms. The van der Waals surface area contributed by atoms with Crippen LogP contribution >= 0.6 is 0 Å². The number of hydrogen-bond acceptors (Lipinski definition) is 3. The number of hydrogen-bond donors (Lipinski definition) is 0. The van der Waals surface area contributed by atoms with E-state index in [0.29, 0.717) is 17.5 Å². The molecule has 3 rings (SSSR count). The molecular formula is C14H16N2O3. The normalized spacial score (nSPS) is 22.5. The lowest BCUT2D eigenvalue weighted by Gasteiger charge is -2.09. The summed E-state index contributed by atoms with van der Waals surface area (Å²) >= 11 is 0. The third-order valence-corrected chi connectivity index (χ3v) is 4.18. The highest BCUT2D eigenvalue weighted by atomic mass is 16.6. The van der Waals surface area contributed by atoms with Gasteiger partial charge in [-0.25, -0.2) is 0 Å². The van der Waals surface area contributed by atoms with Crippen molar-refractivity contribution >= 4 is 11.6 Å². The number of non-ortho nitro benzene ring substituents is 1. The van der Waals surface area contributed by atoms with E-state index in [1.165, 1.54) is 37.8 Å². The standard InChI is InChI=1S/C14H16N2O3/c17-14(11-5-7-12(8-6-11)16(18)19)15-9-13(15)10-3-1-2-4-10/h5-8,10,13H,1-4,9H2/t13-,15?/m0/s1. The summed E-state index contributed by atoms with van der Waals surface area (Å²) in [6.45, 7) is 0.848. The molecule has 1 atom stereocenters. The number of carbonyl (C=O) groups excluding carboxylic acids is 1. The van der Waals surface area contributed by atoms with Crippen molar-refractivity contribution in [2.24, 2.45) is 5.92 Å². The Balaban J connectivity index is 1.66. The zero-order valence-electron chi connectivity index (χ0n) is 10.6. The monoisotopic (exact) mass is 260 g/mol. The van der Waals surface area contributed by atoms with E-state index in [9.17, 15) is 14.9 Å². The zero-order chi connectivity index (χ0) is 13.4. The summed E-state index contributed by atoms with van der Waals surface area (Å²) in [4.78, 5) is 24.2. The fourth-order valence-electron chi connectivity index (χ4n) is 3.03. The second-order valence-corrected chi connectivity index (χ2v) is 5.37. The molecule has 1 aliphatic heterocycles. The predicted molar refractivity (Wildman–Crippen MR) is 69.9 cm³/mol. The first kappa shape index (κ1) is 12.1. The van der Waals surface area contributed by atoms with E-state index in [1.807, 2.05) is 4.90 Å². The Hall–Kier alpha value is -1.91. The van der Waals surface area contributed by atoms with Crippen LogP contribution in [0.3, 0.4) is 0 Å². The highest BCUT2D eigenvalue weighted by Gasteiger charge is 2.44. The third-order valence-electron chi connectivity index (χ3n) is 4.18. The van der Waals surface area contributed by atoms with Gasteiger partial charge in [0.15, 0.2) is 0 Å². The molecule has 5 nitrogen and oxygen atoms in total. The summed E-state index contributed by atoms with van der Waals surface area (Å²) in [5.41, 5.74) is 0.570. The Morgan fingerprint density at radius 1 is 1.21 bits per heavy atom. The number of nitro groups is 1. The van der Waals surface area contributed by atoms with Crippen molar-refractivity contribution < 1.29 is 9.72 Å². The molecule has 19 heavy (non-hydrogen) atoms. The summed E-state index contributed by atoms with van der Waals surface area (Å²) < 4.78 is 0. The zero-order valence-corrected chi connectivity index (χ0v) is 10.6. The van der Waals surface area contributed by atoms with Gasteiger partial charge in [0.1, 0.15) is 0 Å². The van der Waals surface area contributed by atoms with Gasteiger partial charge in [0, 0.05) is 24.2 Å². The number of nitro benzene ring substituents is 1. The first-order valence-electron chi connectivity index (χ1n) is 6.72. The molecule has 1 aliphatic carbocycles. The third kappa shape index (κ3) is 2.32. The van der Waals surface area contributed by atoms with Crippen LogP contribution in [-0.2, 0) is 0 Å². The molecule has 1 saturated carbocycles. The van der Waals surface area contributed by atoms with Gasteiger partial charge in [-0.2, -0.15) is 0 Å². The Morgan fingerprint density at radius 3 is 2.42 bits per heavy atom. The van der Waals surface area contributed by atoms with Crippen LogP contribution in [-0.4, -0.2) is 28.3 Å². The van der Waals surface area contributed by atoms with Crippen LogP contribution in [0.1, 0.15) is 36.0 Å². The maximum atomic E-state index is 12.2. The summed E-state index contributed by atoms with van der Waals surface area (Å²) in [7, 11) is 0. The summed E-state index contributed by atoms with van der Waals surface area (Å²) in [6.07, 6.45) is 5.02. The van der Waals surface area contributed by atoms with Crippen LogP contribution in [0.4, 0.5) is 5.69 Å². The molecule has 0 unspecified atom stereocenters. The molecular weight excluding hydrogens is 244 g/mol. The number of nitrogens with zero attached hydrogens (tertiary/aromatic N) is 2. The quantitative estimate of drug-likeness (QED) is 0.476. The Bertz CT molecular complexity index is 506. The van der Waals surface area contributed by atoms with Crippen LogP contribution in [0.2, 0.25) is 0 Å². The average molecular weight is 260 g/mol. The maximum absolute atomic E-state index is 12.2. The second-order valence-electron chi connectivity index (χ2n) is 5.37. The van der Waals surface area contributed by atoms with Gasteiger partial charge in [-0.1, -0.05) is 12.8 Å². The van der Waals surface area contributed by atoms with Gasteiger partial charge >= 0.3 is 0 Å². The first-order chi connectivity index (χ1) is 9.16. The Morgan fingerprint density at radius 2 is 1.84 bits per heavy atom. The van der Waals surface area contributed by atoms with E-state index >= 15 is 0 Å². The van der Waals surface area contributed by atoms with Crippen molar-refractivity contribution in [3.8, 4) is 0 Å². The van der Waals surface area contributed by atoms with Crippen molar-refractivity contribution in [1.82, 2.24) is 4.90 Å². The number of rotatable bonds is 3. The van der Waals surface area contributed by atoms with Crippen LogP contribution in [0.15, 0.2) is 24.3 Å². The van der Waals surface area contributed by atoms with Gasteiger partial charge in [-0.3, -0.25) is 14.9 Å². The molecule has 1 amide bonds. The molecule has 100 valence electrons. The van der Waals surface area contributed by atoms with Crippen LogP contribution in [0.25, 0.3) is 0 Å². The topological polar surface area (TPSA) is 63.2 Å². The minimum Gasteiger partial charge on any atom is -0.332 e. The minimum atomic E-state index is -0.451. The molecule has 0 aromatic heterocycles. The molecule has 2 fully saturated rings. The van der Waals surface area contributed by atoms with Crippen molar-refractivity contribution in [2.75, 3.05) is 6.54 Å². The number of carbonyl (C=O) groups is 1. The van der Waals surface area contributed by atoms with E-state index in [4.69, 9.17) is 0 Å². The fraction of sp³-hybridized carbons (Fsp3) is 0.500. The largest absolute Gasteiger partial charge is 0.332 e. The SMILES string of the molecule is O=C(c1ccc([N+](=O)[O-])cc1)N1C[C@H]1C1CCCC1. The van der Waals surface area contributed by atoms with Gasteiger partial charge in [0.2, 0.25) is 0 Å². The highest BCUT2D eigenvalue weighted by molar-refractivity contribution is 5.96. The van der Waals surface area contributed by atoms with E-state index in [0.717, 1.165) is 6.54 Å². The minimum absolute atomic E-state index is 0.00629. The average Bonchev–Trinajstić information content (AvgIpc) is 3.03. The molecule has 0 N–H and O–H groups in total. The fourth-order valence-corrected chi connectivity index (χ4v) is 3.03. The van der Waals surface area contributed by atoms with Crippen molar-refractivity contribution in [2.45, 2.75) is 31.7 Å². The molecule has 2 aliphatic rings. The summed E-state index contributed by atoms with van der Waals surface area (Å²) in [5.74, 6) is 0.675. The van der Waals surface area contributed by atoms with Crippen molar-refractivity contribution in [3.63, 3.8) is 0 Å². The molecule has 0 radical (unpaired) electrons. The maximum Gasteiger partial charge on any atom is 0.269 e. The molecule has 0 bridgehead atoms. The second kappa shape index (κ2) is 4.64. The van der Waals surface area contributed by atoms with Gasteiger partial charge in [-0.05, 0) is 30.9 Å². The van der Waals surface area contributed by atoms with Crippen LogP contribution in [0, 0.1) is 16.0 Å². The predicted octanol–water partition coefficient (Wildman–Crippen LogP) is 2.61. The Kier molecular flexibility index (Phi) is 2.97. The first-order valence-corrected chi connectivity index (χ1v) is 6.72. The van der Waals surface area contributed by atoms with E-state index in [-0.39, 0.29) is 11.6 Å². The number of amides is 1.